The summed E-state index contributed by atoms with van der Waals surface area (Å²) in [6.45, 7) is -0.115. The van der Waals surface area contributed by atoms with E-state index in [1.807, 2.05) is 0 Å². The fraction of sp³-hybridized carbons (Fsp3) is 0.0400. The molecular formula is C25H13Cl2FO5. The van der Waals surface area contributed by atoms with Crippen LogP contribution in [0, 0.1) is 5.82 Å². The lowest BCUT2D eigenvalue weighted by Gasteiger charge is -2.10. The molecule has 5 aromatic rings. The summed E-state index contributed by atoms with van der Waals surface area (Å²) in [5, 5.41) is 1.84. The Balaban J connectivity index is 1.58. The van der Waals surface area contributed by atoms with Gasteiger partial charge in [0.1, 0.15) is 29.3 Å². The molecule has 0 radical (unpaired) electrons. The fourth-order valence-corrected chi connectivity index (χ4v) is 3.96. The SMILES string of the molecule is O=c1cc(-c2cc3cc(Cl)ccc3oc2=O)c2ccc(OCc3c(F)cccc3Cl)cc2o1. The molecule has 0 spiro atoms. The van der Waals surface area contributed by atoms with E-state index in [9.17, 15) is 14.0 Å². The van der Waals surface area contributed by atoms with Crippen molar-refractivity contribution in [1.82, 2.24) is 0 Å². The van der Waals surface area contributed by atoms with Gasteiger partial charge in [0.05, 0.1) is 10.6 Å². The monoisotopic (exact) mass is 482 g/mol. The van der Waals surface area contributed by atoms with E-state index in [1.165, 1.54) is 24.3 Å². The zero-order chi connectivity index (χ0) is 23.1. The number of hydrogen-bond donors (Lipinski definition) is 0. The van der Waals surface area contributed by atoms with E-state index in [1.54, 1.807) is 42.5 Å². The van der Waals surface area contributed by atoms with Crippen molar-refractivity contribution in [1.29, 1.82) is 0 Å². The lowest BCUT2D eigenvalue weighted by atomic mass is 10.0. The molecule has 2 aromatic heterocycles. The third-order valence-corrected chi connectivity index (χ3v) is 5.73. The molecule has 3 aromatic carbocycles. The Kier molecular flexibility index (Phi) is 5.40. The lowest BCUT2D eigenvalue weighted by molar-refractivity contribution is 0.300. The number of fused-ring (bicyclic) bond motifs is 2. The van der Waals surface area contributed by atoms with Crippen LogP contribution < -0.4 is 16.0 Å². The first-order valence-corrected chi connectivity index (χ1v) is 10.5. The van der Waals surface area contributed by atoms with Gasteiger partial charge in [0.2, 0.25) is 0 Å². The maximum atomic E-state index is 14.0. The summed E-state index contributed by atoms with van der Waals surface area (Å²) < 4.78 is 30.4. The third-order valence-electron chi connectivity index (χ3n) is 5.15. The van der Waals surface area contributed by atoms with E-state index in [-0.39, 0.29) is 28.3 Å². The predicted molar refractivity (Wildman–Crippen MR) is 125 cm³/mol. The fourth-order valence-electron chi connectivity index (χ4n) is 3.56. The first-order chi connectivity index (χ1) is 15.9. The predicted octanol–water partition coefficient (Wildman–Crippen LogP) is 6.59. The van der Waals surface area contributed by atoms with Crippen LogP contribution in [-0.4, -0.2) is 0 Å². The molecule has 164 valence electrons. The summed E-state index contributed by atoms with van der Waals surface area (Å²) in [7, 11) is 0. The topological polar surface area (TPSA) is 69.7 Å². The van der Waals surface area contributed by atoms with Crippen molar-refractivity contribution in [2.45, 2.75) is 6.61 Å². The second-order valence-corrected chi connectivity index (χ2v) is 8.10. The summed E-state index contributed by atoms with van der Waals surface area (Å²) in [4.78, 5) is 24.9. The normalized spacial score (nSPS) is 11.2. The maximum absolute atomic E-state index is 14.0. The molecular weight excluding hydrogens is 470 g/mol. The Morgan fingerprint density at radius 2 is 1.70 bits per heavy atom. The van der Waals surface area contributed by atoms with Crippen molar-refractivity contribution in [3.63, 3.8) is 0 Å². The van der Waals surface area contributed by atoms with Crippen LogP contribution in [0.1, 0.15) is 5.56 Å². The molecule has 0 aliphatic heterocycles. The summed E-state index contributed by atoms with van der Waals surface area (Å²) in [5.74, 6) is -0.153. The molecule has 0 fully saturated rings. The number of ether oxygens (including phenoxy) is 1. The average Bonchev–Trinajstić information content (AvgIpc) is 2.78. The standard InChI is InChI=1S/C25H13Cl2FO5/c26-14-4-7-22-13(8-14)9-18(25(30)33-22)17-11-24(29)32-23-10-15(5-6-16(17)23)31-12-19-20(27)2-1-3-21(19)28/h1-11H,12H2. The molecule has 0 aliphatic rings. The molecule has 0 saturated carbocycles. The van der Waals surface area contributed by atoms with Crippen LogP contribution in [0.25, 0.3) is 33.1 Å². The van der Waals surface area contributed by atoms with Crippen molar-refractivity contribution in [3.8, 4) is 16.9 Å². The van der Waals surface area contributed by atoms with Crippen LogP contribution in [0.4, 0.5) is 4.39 Å². The molecule has 5 rings (SSSR count). The first-order valence-electron chi connectivity index (χ1n) is 9.76. The van der Waals surface area contributed by atoms with Crippen molar-refractivity contribution in [2.75, 3.05) is 0 Å². The van der Waals surface area contributed by atoms with Crippen LogP contribution in [0.3, 0.4) is 0 Å². The van der Waals surface area contributed by atoms with E-state index in [0.717, 1.165) is 0 Å². The molecule has 0 atom stereocenters. The van der Waals surface area contributed by atoms with Gasteiger partial charge < -0.3 is 13.6 Å². The zero-order valence-corrected chi connectivity index (χ0v) is 18.2. The van der Waals surface area contributed by atoms with Gasteiger partial charge in [-0.3, -0.25) is 0 Å². The minimum absolute atomic E-state index is 0.115. The number of hydrogen-bond acceptors (Lipinski definition) is 5. The molecule has 8 heteroatoms. The quantitative estimate of drug-likeness (QED) is 0.270. The van der Waals surface area contributed by atoms with Gasteiger partial charge in [-0.25, -0.2) is 14.0 Å². The molecule has 33 heavy (non-hydrogen) atoms. The van der Waals surface area contributed by atoms with Crippen LogP contribution >= 0.6 is 23.2 Å². The van der Waals surface area contributed by atoms with Crippen molar-refractivity contribution in [2.24, 2.45) is 0 Å². The highest BCUT2D eigenvalue weighted by molar-refractivity contribution is 6.31. The third kappa shape index (κ3) is 4.11. The van der Waals surface area contributed by atoms with Gasteiger partial charge in [-0.05, 0) is 48.5 Å². The van der Waals surface area contributed by atoms with Gasteiger partial charge in [-0.2, -0.15) is 0 Å². The summed E-state index contributed by atoms with van der Waals surface area (Å²) in [6.07, 6.45) is 0. The van der Waals surface area contributed by atoms with E-state index >= 15 is 0 Å². The minimum atomic E-state index is -0.655. The van der Waals surface area contributed by atoms with Crippen molar-refractivity contribution >= 4 is 45.1 Å². The molecule has 0 N–H and O–H groups in total. The van der Waals surface area contributed by atoms with E-state index in [4.69, 9.17) is 36.8 Å². The van der Waals surface area contributed by atoms with Crippen molar-refractivity contribution in [3.05, 3.63) is 109 Å². The Labute approximate surface area is 195 Å². The largest absolute Gasteiger partial charge is 0.489 e. The summed E-state index contributed by atoms with van der Waals surface area (Å²) in [5.41, 5.74) is 0.0590. The van der Waals surface area contributed by atoms with Crippen LogP contribution in [0.5, 0.6) is 5.75 Å². The molecule has 0 aliphatic carbocycles. The van der Waals surface area contributed by atoms with Crippen LogP contribution in [-0.2, 0) is 6.61 Å². The van der Waals surface area contributed by atoms with Gasteiger partial charge in [-0.1, -0.05) is 29.3 Å². The highest BCUT2D eigenvalue weighted by Crippen LogP contribution is 2.31. The van der Waals surface area contributed by atoms with Gasteiger partial charge in [-0.15, -0.1) is 0 Å². The number of rotatable bonds is 4. The molecule has 5 nitrogen and oxygen atoms in total. The van der Waals surface area contributed by atoms with E-state index in [0.29, 0.717) is 32.7 Å². The summed E-state index contributed by atoms with van der Waals surface area (Å²) >= 11 is 12.1. The lowest BCUT2D eigenvalue weighted by Crippen LogP contribution is -2.06. The maximum Gasteiger partial charge on any atom is 0.344 e. The van der Waals surface area contributed by atoms with Gasteiger partial charge in [0.25, 0.3) is 0 Å². The van der Waals surface area contributed by atoms with Gasteiger partial charge in [0, 0.05) is 39.1 Å². The highest BCUT2D eigenvalue weighted by atomic mass is 35.5. The molecule has 2 heterocycles. The van der Waals surface area contributed by atoms with Crippen molar-refractivity contribution < 1.29 is 18.0 Å². The van der Waals surface area contributed by atoms with E-state index in [2.05, 4.69) is 0 Å². The molecule has 0 saturated heterocycles. The number of benzene rings is 3. The second kappa shape index (κ2) is 8.39. The second-order valence-electron chi connectivity index (χ2n) is 7.26. The van der Waals surface area contributed by atoms with E-state index < -0.39 is 17.1 Å². The summed E-state index contributed by atoms with van der Waals surface area (Å²) in [6, 6.07) is 16.9. The minimum Gasteiger partial charge on any atom is -0.489 e. The molecule has 0 amide bonds. The van der Waals surface area contributed by atoms with Gasteiger partial charge in [0.15, 0.2) is 0 Å². The van der Waals surface area contributed by atoms with Crippen LogP contribution in [0.15, 0.2) is 85.2 Å². The molecule has 0 bridgehead atoms. The van der Waals surface area contributed by atoms with Crippen LogP contribution in [0.2, 0.25) is 10.0 Å². The average molecular weight is 483 g/mol. The Hall–Kier alpha value is -3.61. The molecule has 0 unspecified atom stereocenters. The Bertz CT molecular complexity index is 1640. The highest BCUT2D eigenvalue weighted by Gasteiger charge is 2.15. The number of halogens is 3. The zero-order valence-electron chi connectivity index (χ0n) is 16.7. The smallest absolute Gasteiger partial charge is 0.344 e. The first kappa shape index (κ1) is 21.2. The Morgan fingerprint density at radius 1 is 0.848 bits per heavy atom. The Morgan fingerprint density at radius 3 is 2.52 bits per heavy atom. The van der Waals surface area contributed by atoms with Gasteiger partial charge >= 0.3 is 11.3 Å².